The van der Waals surface area contributed by atoms with Gasteiger partial charge in [0, 0.05) is 27.7 Å². The van der Waals surface area contributed by atoms with Gasteiger partial charge < -0.3 is 9.64 Å². The number of likely N-dealkylation sites (N-methyl/N-ethyl adjacent to an activating group) is 1. The number of hydrogen-bond acceptors (Lipinski definition) is 4. The zero-order valence-corrected chi connectivity index (χ0v) is 19.3. The number of halogens is 2. The molecule has 2 aromatic rings. The Kier molecular flexibility index (Phi) is 6.68. The zero-order chi connectivity index (χ0) is 21.3. The Morgan fingerprint density at radius 3 is 2.38 bits per heavy atom. The smallest absolute Gasteiger partial charge is 0.262 e. The van der Waals surface area contributed by atoms with Gasteiger partial charge in [-0.1, -0.05) is 23.2 Å². The first kappa shape index (κ1) is 22.2. The Balaban J connectivity index is 2.00. The van der Waals surface area contributed by atoms with Gasteiger partial charge in [-0.3, -0.25) is 4.72 Å². The normalized spacial score (nSPS) is 16.8. The van der Waals surface area contributed by atoms with Gasteiger partial charge in [-0.05, 0) is 76.1 Å². The van der Waals surface area contributed by atoms with Gasteiger partial charge in [0.25, 0.3) is 10.0 Å². The van der Waals surface area contributed by atoms with E-state index in [1.165, 1.54) is 12.1 Å². The fraction of sp³-hybridized carbons (Fsp3) is 0.429. The third kappa shape index (κ3) is 4.82. The van der Waals surface area contributed by atoms with Crippen molar-refractivity contribution in [1.82, 2.24) is 4.90 Å². The average Bonchev–Trinajstić information content (AvgIpc) is 2.64. The lowest BCUT2D eigenvalue weighted by molar-refractivity contribution is 0.177. The van der Waals surface area contributed by atoms with Gasteiger partial charge in [0.05, 0.1) is 17.7 Å². The molecule has 0 saturated heterocycles. The number of rotatable bonds is 6. The van der Waals surface area contributed by atoms with Crippen molar-refractivity contribution in [2.75, 3.05) is 18.9 Å². The van der Waals surface area contributed by atoms with Crippen LogP contribution in [-0.2, 0) is 22.9 Å². The number of sulfonamides is 1. The maximum atomic E-state index is 13.2. The quantitative estimate of drug-likeness (QED) is 0.663. The lowest BCUT2D eigenvalue weighted by Gasteiger charge is -2.36. The predicted molar refractivity (Wildman–Crippen MR) is 119 cm³/mol. The molecule has 158 valence electrons. The highest BCUT2D eigenvalue weighted by Gasteiger charge is 2.31. The van der Waals surface area contributed by atoms with E-state index in [1.54, 1.807) is 25.3 Å². The maximum Gasteiger partial charge on any atom is 0.262 e. The summed E-state index contributed by atoms with van der Waals surface area (Å²) in [6, 6.07) is 8.72. The molecule has 1 aliphatic carbocycles. The molecule has 0 saturated carbocycles. The summed E-state index contributed by atoms with van der Waals surface area (Å²) in [4.78, 5) is 2.60. The Labute approximate surface area is 183 Å². The number of hydrogen-bond donors (Lipinski definition) is 1. The summed E-state index contributed by atoms with van der Waals surface area (Å²) in [7, 11) is -0.0780. The molecule has 3 rings (SSSR count). The van der Waals surface area contributed by atoms with Crippen molar-refractivity contribution in [2.45, 2.75) is 50.1 Å². The lowest BCUT2D eigenvalue weighted by atomic mass is 9.86. The van der Waals surface area contributed by atoms with E-state index in [0.717, 1.165) is 29.7 Å². The first-order valence-corrected chi connectivity index (χ1v) is 11.8. The van der Waals surface area contributed by atoms with Gasteiger partial charge in [0.1, 0.15) is 5.75 Å². The minimum absolute atomic E-state index is 0.273. The molecule has 1 N–H and O–H groups in total. The van der Waals surface area contributed by atoms with Gasteiger partial charge in [0.2, 0.25) is 0 Å². The van der Waals surface area contributed by atoms with Crippen LogP contribution in [0.25, 0.3) is 0 Å². The molecule has 1 unspecified atom stereocenters. The molecule has 8 heteroatoms. The highest BCUT2D eigenvalue weighted by Crippen LogP contribution is 2.36. The van der Waals surface area contributed by atoms with Gasteiger partial charge in [-0.2, -0.15) is 0 Å². The van der Waals surface area contributed by atoms with Crippen LogP contribution in [0.15, 0.2) is 35.2 Å². The summed E-state index contributed by atoms with van der Waals surface area (Å²) in [6.45, 7) is 4.32. The van der Waals surface area contributed by atoms with E-state index in [2.05, 4.69) is 30.5 Å². The number of nitrogens with one attached hydrogen (secondary N) is 1. The monoisotopic (exact) mass is 456 g/mol. The third-order valence-electron chi connectivity index (χ3n) is 5.53. The van der Waals surface area contributed by atoms with Crippen LogP contribution >= 0.6 is 23.2 Å². The topological polar surface area (TPSA) is 58.6 Å². The predicted octanol–water partition coefficient (Wildman–Crippen LogP) is 5.00. The number of benzene rings is 2. The molecular formula is C21H26Cl2N2O3S. The molecule has 0 heterocycles. The summed E-state index contributed by atoms with van der Waals surface area (Å²) >= 11 is 12.0. The van der Waals surface area contributed by atoms with Crippen LogP contribution in [0.5, 0.6) is 5.75 Å². The third-order valence-corrected chi connectivity index (χ3v) is 7.43. The summed E-state index contributed by atoms with van der Waals surface area (Å²) in [5, 5.41) is 0.734. The minimum Gasteiger partial charge on any atom is -0.496 e. The van der Waals surface area contributed by atoms with E-state index in [0.29, 0.717) is 34.2 Å². The van der Waals surface area contributed by atoms with Gasteiger partial charge in [-0.15, -0.1) is 0 Å². The highest BCUT2D eigenvalue weighted by atomic mass is 35.5. The summed E-state index contributed by atoms with van der Waals surface area (Å²) in [5.74, 6) is 0.728. The molecule has 29 heavy (non-hydrogen) atoms. The van der Waals surface area contributed by atoms with Crippen LogP contribution < -0.4 is 9.46 Å². The van der Waals surface area contributed by atoms with E-state index >= 15 is 0 Å². The lowest BCUT2D eigenvalue weighted by Crippen LogP contribution is -2.41. The van der Waals surface area contributed by atoms with E-state index in [9.17, 15) is 8.42 Å². The van der Waals surface area contributed by atoms with Crippen LogP contribution in [0, 0.1) is 0 Å². The second-order valence-corrected chi connectivity index (χ2v) is 10.2. The Morgan fingerprint density at radius 2 is 1.79 bits per heavy atom. The Morgan fingerprint density at radius 1 is 1.14 bits per heavy atom. The number of methoxy groups -OCH3 is 1. The largest absolute Gasteiger partial charge is 0.496 e. The number of anilines is 1. The molecule has 0 aromatic heterocycles. The van der Waals surface area contributed by atoms with E-state index in [1.807, 2.05) is 0 Å². The van der Waals surface area contributed by atoms with Gasteiger partial charge in [0.15, 0.2) is 0 Å². The average molecular weight is 457 g/mol. The minimum atomic E-state index is -3.80. The molecule has 0 radical (unpaired) electrons. The summed E-state index contributed by atoms with van der Waals surface area (Å²) in [5.41, 5.74) is 2.11. The van der Waals surface area contributed by atoms with Crippen LogP contribution in [0.2, 0.25) is 10.0 Å². The SMILES string of the molecule is COc1ccc(S(=O)(=O)Nc2cc(Cl)cc(Cl)c2)c2c1CC(N(C)C(C)C)CC2. The maximum absolute atomic E-state index is 13.2. The van der Waals surface area contributed by atoms with Crippen molar-refractivity contribution in [1.29, 1.82) is 0 Å². The van der Waals surface area contributed by atoms with E-state index < -0.39 is 10.0 Å². The number of nitrogens with zero attached hydrogens (tertiary/aromatic N) is 1. The van der Waals surface area contributed by atoms with Crippen molar-refractivity contribution in [3.63, 3.8) is 0 Å². The van der Waals surface area contributed by atoms with E-state index in [-0.39, 0.29) is 4.90 Å². The molecule has 0 amide bonds. The van der Waals surface area contributed by atoms with Crippen molar-refractivity contribution in [3.8, 4) is 5.75 Å². The molecule has 5 nitrogen and oxygen atoms in total. The molecular weight excluding hydrogens is 431 g/mol. The van der Waals surface area contributed by atoms with Crippen molar-refractivity contribution in [2.24, 2.45) is 0 Å². The van der Waals surface area contributed by atoms with Crippen LogP contribution in [0.1, 0.15) is 31.4 Å². The molecule has 0 spiro atoms. The van der Waals surface area contributed by atoms with Crippen LogP contribution in [0.3, 0.4) is 0 Å². The first-order chi connectivity index (χ1) is 13.6. The molecule has 0 fully saturated rings. The molecule has 2 aromatic carbocycles. The standard InChI is InChI=1S/C21H26Cl2N2O3S/c1-13(2)25(3)17-5-6-18-19(12-17)20(28-4)7-8-21(18)29(26,27)24-16-10-14(22)9-15(23)11-16/h7-11,13,17,24H,5-6,12H2,1-4H3. The van der Waals surface area contributed by atoms with E-state index in [4.69, 9.17) is 27.9 Å². The van der Waals surface area contributed by atoms with Crippen molar-refractivity contribution < 1.29 is 13.2 Å². The molecule has 1 aliphatic rings. The molecule has 0 bridgehead atoms. The highest BCUT2D eigenvalue weighted by molar-refractivity contribution is 7.92. The second kappa shape index (κ2) is 8.72. The molecule has 0 aliphatic heterocycles. The molecule has 1 atom stereocenters. The first-order valence-electron chi connectivity index (χ1n) is 9.52. The number of fused-ring (bicyclic) bond motifs is 1. The Hall–Kier alpha value is -1.47. The van der Waals surface area contributed by atoms with Gasteiger partial charge >= 0.3 is 0 Å². The van der Waals surface area contributed by atoms with Crippen LogP contribution in [-0.4, -0.2) is 39.6 Å². The van der Waals surface area contributed by atoms with Crippen molar-refractivity contribution in [3.05, 3.63) is 51.5 Å². The fourth-order valence-corrected chi connectivity index (χ4v) is 5.69. The van der Waals surface area contributed by atoms with Crippen molar-refractivity contribution >= 4 is 38.9 Å². The second-order valence-electron chi connectivity index (χ2n) is 7.64. The summed E-state index contributed by atoms with van der Waals surface area (Å²) < 4.78 is 34.5. The Bertz CT molecular complexity index is 989. The van der Waals surface area contributed by atoms with Gasteiger partial charge in [-0.25, -0.2) is 8.42 Å². The fourth-order valence-electron chi connectivity index (χ4n) is 3.83. The summed E-state index contributed by atoms with van der Waals surface area (Å²) in [6.07, 6.45) is 2.31. The zero-order valence-electron chi connectivity index (χ0n) is 17.0. The number of ether oxygens (including phenoxy) is 1. The van der Waals surface area contributed by atoms with Crippen LogP contribution in [0.4, 0.5) is 5.69 Å².